The molecule has 0 saturated heterocycles. The molecule has 4 heteroatoms. The largest absolute Gasteiger partial charge is 0.383 e. The van der Waals surface area contributed by atoms with Crippen LogP contribution in [-0.4, -0.2) is 32.3 Å². The predicted octanol–water partition coefficient (Wildman–Crippen LogP) is 2.47. The van der Waals surface area contributed by atoms with Crippen molar-refractivity contribution in [3.8, 4) is 0 Å². The van der Waals surface area contributed by atoms with Crippen LogP contribution >= 0.6 is 0 Å². The molecule has 0 aliphatic rings. The van der Waals surface area contributed by atoms with Crippen molar-refractivity contribution < 1.29 is 4.74 Å². The Morgan fingerprint density at radius 3 is 2.43 bits per heavy atom. The molecule has 0 aliphatic carbocycles. The summed E-state index contributed by atoms with van der Waals surface area (Å²) in [5.41, 5.74) is 8.66. The Labute approximate surface area is 128 Å². The zero-order valence-corrected chi connectivity index (χ0v) is 13.9. The van der Waals surface area contributed by atoms with E-state index in [9.17, 15) is 0 Å². The van der Waals surface area contributed by atoms with Gasteiger partial charge in [-0.2, -0.15) is 0 Å². The number of guanidine groups is 1. The highest BCUT2D eigenvalue weighted by molar-refractivity contribution is 5.78. The van der Waals surface area contributed by atoms with E-state index in [-0.39, 0.29) is 11.5 Å². The molecule has 0 heterocycles. The predicted molar refractivity (Wildman–Crippen MR) is 89.8 cm³/mol. The second kappa shape index (κ2) is 8.03. The Kier molecular flexibility index (Phi) is 6.69. The molecule has 0 aromatic heterocycles. The van der Waals surface area contributed by atoms with E-state index in [2.05, 4.69) is 55.3 Å². The number of nitrogens with zero attached hydrogens (tertiary/aromatic N) is 1. The third kappa shape index (κ3) is 6.63. The third-order valence-corrected chi connectivity index (χ3v) is 3.31. The number of ether oxygens (including phenoxy) is 1. The third-order valence-electron chi connectivity index (χ3n) is 3.31. The van der Waals surface area contributed by atoms with Crippen LogP contribution in [0.3, 0.4) is 0 Å². The molecular weight excluding hydrogens is 262 g/mol. The van der Waals surface area contributed by atoms with Gasteiger partial charge in [-0.25, -0.2) is 0 Å². The molecule has 0 amide bonds. The molecule has 0 bridgehead atoms. The van der Waals surface area contributed by atoms with Crippen molar-refractivity contribution in [2.45, 2.75) is 45.6 Å². The van der Waals surface area contributed by atoms with Gasteiger partial charge in [0.05, 0.1) is 6.61 Å². The quantitative estimate of drug-likeness (QED) is 0.625. The average molecular weight is 291 g/mol. The summed E-state index contributed by atoms with van der Waals surface area (Å²) in [6, 6.07) is 8.91. The van der Waals surface area contributed by atoms with Crippen LogP contribution in [0.4, 0.5) is 0 Å². The van der Waals surface area contributed by atoms with Gasteiger partial charge in [0.25, 0.3) is 0 Å². The second-order valence-corrected chi connectivity index (χ2v) is 6.46. The first-order chi connectivity index (χ1) is 9.82. The molecular formula is C17H29N3O. The minimum Gasteiger partial charge on any atom is -0.383 e. The summed E-state index contributed by atoms with van der Waals surface area (Å²) >= 11 is 0. The van der Waals surface area contributed by atoms with E-state index in [1.54, 1.807) is 7.11 Å². The first-order valence-corrected chi connectivity index (χ1v) is 7.47. The van der Waals surface area contributed by atoms with Crippen LogP contribution in [0.2, 0.25) is 0 Å². The van der Waals surface area contributed by atoms with Gasteiger partial charge in [-0.15, -0.1) is 0 Å². The van der Waals surface area contributed by atoms with E-state index in [0.29, 0.717) is 19.1 Å². The molecule has 0 spiro atoms. The number of hydrogen-bond acceptors (Lipinski definition) is 2. The molecule has 1 unspecified atom stereocenters. The maximum absolute atomic E-state index is 5.83. The lowest BCUT2D eigenvalue weighted by molar-refractivity contribution is 0.179. The molecule has 0 aliphatic heterocycles. The van der Waals surface area contributed by atoms with Crippen LogP contribution < -0.4 is 11.1 Å². The van der Waals surface area contributed by atoms with Crippen LogP contribution in [-0.2, 0) is 16.6 Å². The Bertz CT molecular complexity index is 446. The molecule has 1 rings (SSSR count). The molecule has 21 heavy (non-hydrogen) atoms. The fraction of sp³-hybridized carbons (Fsp3) is 0.588. The highest BCUT2D eigenvalue weighted by Crippen LogP contribution is 2.22. The molecule has 1 aromatic rings. The zero-order chi connectivity index (χ0) is 15.9. The van der Waals surface area contributed by atoms with Crippen molar-refractivity contribution in [1.82, 2.24) is 5.32 Å². The Hall–Kier alpha value is -1.55. The SMILES string of the molecule is COCC(C)NC(N)=NCCc1ccc(C(C)(C)C)cc1. The molecule has 1 atom stereocenters. The van der Waals surface area contributed by atoms with Gasteiger partial charge in [0.15, 0.2) is 5.96 Å². The van der Waals surface area contributed by atoms with Gasteiger partial charge >= 0.3 is 0 Å². The van der Waals surface area contributed by atoms with E-state index in [4.69, 9.17) is 10.5 Å². The van der Waals surface area contributed by atoms with E-state index in [0.717, 1.165) is 6.42 Å². The summed E-state index contributed by atoms with van der Waals surface area (Å²) in [6.45, 7) is 9.98. The van der Waals surface area contributed by atoms with Gasteiger partial charge in [0, 0.05) is 19.7 Å². The van der Waals surface area contributed by atoms with Crippen LogP contribution in [0, 0.1) is 0 Å². The minimum absolute atomic E-state index is 0.171. The van der Waals surface area contributed by atoms with Crippen molar-refractivity contribution in [2.24, 2.45) is 10.7 Å². The highest BCUT2D eigenvalue weighted by Gasteiger charge is 2.12. The topological polar surface area (TPSA) is 59.6 Å². The number of benzene rings is 1. The lowest BCUT2D eigenvalue weighted by Gasteiger charge is -2.19. The second-order valence-electron chi connectivity index (χ2n) is 6.46. The van der Waals surface area contributed by atoms with Crippen molar-refractivity contribution in [2.75, 3.05) is 20.3 Å². The van der Waals surface area contributed by atoms with Gasteiger partial charge in [-0.05, 0) is 29.9 Å². The van der Waals surface area contributed by atoms with Crippen LogP contribution in [0.1, 0.15) is 38.8 Å². The lowest BCUT2D eigenvalue weighted by atomic mass is 9.86. The number of nitrogens with two attached hydrogens (primary N) is 1. The molecule has 0 radical (unpaired) electrons. The first kappa shape index (κ1) is 17.5. The van der Waals surface area contributed by atoms with Crippen LogP contribution in [0.25, 0.3) is 0 Å². The summed E-state index contributed by atoms with van der Waals surface area (Å²) in [4.78, 5) is 4.34. The Morgan fingerprint density at radius 1 is 1.29 bits per heavy atom. The number of nitrogens with one attached hydrogen (secondary N) is 1. The van der Waals surface area contributed by atoms with Crippen molar-refractivity contribution >= 4 is 5.96 Å². The Balaban J connectivity index is 2.45. The fourth-order valence-corrected chi connectivity index (χ4v) is 2.07. The van der Waals surface area contributed by atoms with Gasteiger partial charge in [0.2, 0.25) is 0 Å². The first-order valence-electron chi connectivity index (χ1n) is 7.47. The van der Waals surface area contributed by atoms with Gasteiger partial charge in [-0.3, -0.25) is 4.99 Å². The van der Waals surface area contributed by atoms with Crippen LogP contribution in [0.15, 0.2) is 29.3 Å². The molecule has 0 saturated carbocycles. The summed E-state index contributed by atoms with van der Waals surface area (Å²) in [5, 5.41) is 3.10. The van der Waals surface area contributed by atoms with E-state index in [1.807, 2.05) is 6.92 Å². The zero-order valence-electron chi connectivity index (χ0n) is 13.9. The summed E-state index contributed by atoms with van der Waals surface area (Å²) in [5.74, 6) is 0.478. The Morgan fingerprint density at radius 2 is 1.90 bits per heavy atom. The lowest BCUT2D eigenvalue weighted by Crippen LogP contribution is -2.40. The summed E-state index contributed by atoms with van der Waals surface area (Å²) < 4.78 is 5.04. The minimum atomic E-state index is 0.171. The molecule has 118 valence electrons. The molecule has 4 nitrogen and oxygen atoms in total. The highest BCUT2D eigenvalue weighted by atomic mass is 16.5. The molecule has 3 N–H and O–H groups in total. The number of methoxy groups -OCH3 is 1. The number of aliphatic imine (C=N–C) groups is 1. The van der Waals surface area contributed by atoms with E-state index in [1.165, 1.54) is 11.1 Å². The monoisotopic (exact) mass is 291 g/mol. The molecule has 0 fully saturated rings. The van der Waals surface area contributed by atoms with Crippen molar-refractivity contribution in [3.63, 3.8) is 0 Å². The van der Waals surface area contributed by atoms with Crippen LogP contribution in [0.5, 0.6) is 0 Å². The fourth-order valence-electron chi connectivity index (χ4n) is 2.07. The van der Waals surface area contributed by atoms with Gasteiger partial charge in [-0.1, -0.05) is 45.0 Å². The standard InChI is InChI=1S/C17H29N3O/c1-13(12-21-5)20-16(18)19-11-10-14-6-8-15(9-7-14)17(2,3)4/h6-9,13H,10-12H2,1-5H3,(H3,18,19,20). The summed E-state index contributed by atoms with van der Waals surface area (Å²) in [6.07, 6.45) is 0.894. The smallest absolute Gasteiger partial charge is 0.188 e. The summed E-state index contributed by atoms with van der Waals surface area (Å²) in [7, 11) is 1.67. The van der Waals surface area contributed by atoms with E-state index < -0.39 is 0 Å². The van der Waals surface area contributed by atoms with Crippen molar-refractivity contribution in [3.05, 3.63) is 35.4 Å². The van der Waals surface area contributed by atoms with Crippen molar-refractivity contribution in [1.29, 1.82) is 0 Å². The van der Waals surface area contributed by atoms with E-state index >= 15 is 0 Å². The maximum Gasteiger partial charge on any atom is 0.188 e. The maximum atomic E-state index is 5.83. The van der Waals surface area contributed by atoms with Gasteiger partial charge in [0.1, 0.15) is 0 Å². The average Bonchev–Trinajstić information content (AvgIpc) is 2.38. The van der Waals surface area contributed by atoms with Gasteiger partial charge < -0.3 is 15.8 Å². The molecule has 1 aromatic carbocycles. The number of hydrogen-bond donors (Lipinski definition) is 2. The normalized spacial score (nSPS) is 14.0. The number of rotatable bonds is 6.